The number of hydrogen-bond acceptors (Lipinski definition) is 6. The average molecular weight is 528 g/mol. The lowest BCUT2D eigenvalue weighted by atomic mass is 9.82. The zero-order chi connectivity index (χ0) is 27.2. The number of nitrogens with one attached hydrogen (secondary N) is 1. The molecule has 1 aliphatic heterocycles. The highest BCUT2D eigenvalue weighted by atomic mass is 19.4. The molecule has 0 aliphatic carbocycles. The van der Waals surface area contributed by atoms with Crippen LogP contribution in [-0.2, 0) is 10.2 Å². The highest BCUT2D eigenvalue weighted by Crippen LogP contribution is 2.46. The van der Waals surface area contributed by atoms with E-state index in [0.717, 1.165) is 18.2 Å². The number of carbonyl (C=O) groups excluding carboxylic acids is 2. The molecule has 1 aromatic carbocycles. The number of nitrogens with two attached hydrogens (primary N) is 1. The van der Waals surface area contributed by atoms with Gasteiger partial charge in [-0.25, -0.2) is 18.9 Å². The van der Waals surface area contributed by atoms with Crippen molar-refractivity contribution in [3.05, 3.63) is 77.6 Å². The second kappa shape index (κ2) is 9.08. The molecule has 1 unspecified atom stereocenters. The van der Waals surface area contributed by atoms with Gasteiger partial charge in [0.1, 0.15) is 40.9 Å². The fraction of sp³-hybridized carbons (Fsp3) is 0.240. The van der Waals surface area contributed by atoms with Gasteiger partial charge in [-0.2, -0.15) is 18.3 Å². The molecule has 9 nitrogen and oxygen atoms in total. The summed E-state index contributed by atoms with van der Waals surface area (Å²) in [7, 11) is 0. The van der Waals surface area contributed by atoms with Crippen molar-refractivity contribution in [3.63, 3.8) is 0 Å². The van der Waals surface area contributed by atoms with Crippen LogP contribution in [0.2, 0.25) is 0 Å². The van der Waals surface area contributed by atoms with Crippen LogP contribution < -0.4 is 15.8 Å². The van der Waals surface area contributed by atoms with E-state index in [-0.39, 0.29) is 34.9 Å². The van der Waals surface area contributed by atoms with E-state index in [1.165, 1.54) is 42.0 Å². The Morgan fingerprint density at radius 1 is 1.18 bits per heavy atom. The van der Waals surface area contributed by atoms with Crippen LogP contribution in [0.1, 0.15) is 34.6 Å². The highest BCUT2D eigenvalue weighted by Gasteiger charge is 2.47. The summed E-state index contributed by atoms with van der Waals surface area (Å²) < 4.78 is 63.6. The number of halogens is 4. The van der Waals surface area contributed by atoms with E-state index in [9.17, 15) is 27.2 Å². The fourth-order valence-corrected chi connectivity index (χ4v) is 4.20. The van der Waals surface area contributed by atoms with Crippen LogP contribution in [0.25, 0.3) is 16.9 Å². The van der Waals surface area contributed by atoms with Crippen LogP contribution in [0, 0.1) is 5.82 Å². The van der Waals surface area contributed by atoms with E-state index < -0.39 is 47.4 Å². The van der Waals surface area contributed by atoms with Crippen molar-refractivity contribution in [1.82, 2.24) is 24.9 Å². The van der Waals surface area contributed by atoms with Crippen LogP contribution in [0.3, 0.4) is 0 Å². The van der Waals surface area contributed by atoms with Crippen molar-refractivity contribution in [2.45, 2.75) is 24.4 Å². The van der Waals surface area contributed by atoms with Crippen LogP contribution in [0.15, 0.2) is 54.9 Å². The van der Waals surface area contributed by atoms with Gasteiger partial charge in [-0.1, -0.05) is 0 Å². The Kier molecular flexibility index (Phi) is 6.00. The zero-order valence-corrected chi connectivity index (χ0v) is 19.8. The van der Waals surface area contributed by atoms with Gasteiger partial charge in [-0.3, -0.25) is 9.59 Å². The van der Waals surface area contributed by atoms with E-state index in [0.29, 0.717) is 5.65 Å². The molecule has 2 amide bonds. The topological polar surface area (TPSA) is 125 Å². The Bertz CT molecular complexity index is 1550. The third kappa shape index (κ3) is 4.40. The van der Waals surface area contributed by atoms with Crippen molar-refractivity contribution < 1.29 is 31.9 Å². The SMILES string of the molecule is C[C@]1(C(N)=O)COc2c1cc(C(CNC(=O)c1ccn3nccc3n1)C(F)(F)F)nc2-c1ccc(F)cc1. The van der Waals surface area contributed by atoms with Gasteiger partial charge in [-0.05, 0) is 43.3 Å². The number of aromatic nitrogens is 4. The van der Waals surface area contributed by atoms with Crippen molar-refractivity contribution >= 4 is 17.5 Å². The van der Waals surface area contributed by atoms with Gasteiger partial charge >= 0.3 is 6.18 Å². The molecule has 0 bridgehead atoms. The summed E-state index contributed by atoms with van der Waals surface area (Å²) in [6.45, 7) is 0.395. The third-order valence-electron chi connectivity index (χ3n) is 6.46. The lowest BCUT2D eigenvalue weighted by Gasteiger charge is -2.24. The molecule has 0 radical (unpaired) electrons. The number of primary amides is 1. The molecule has 13 heteroatoms. The molecule has 3 aromatic heterocycles. The number of benzene rings is 1. The summed E-state index contributed by atoms with van der Waals surface area (Å²) in [4.78, 5) is 33.3. The van der Waals surface area contributed by atoms with E-state index >= 15 is 0 Å². The highest BCUT2D eigenvalue weighted by molar-refractivity contribution is 5.92. The number of fused-ring (bicyclic) bond motifs is 2. The second-order valence-corrected chi connectivity index (χ2v) is 9.02. The minimum atomic E-state index is -4.83. The number of nitrogens with zero attached hydrogens (tertiary/aromatic N) is 4. The Balaban J connectivity index is 1.54. The second-order valence-electron chi connectivity index (χ2n) is 9.02. The predicted molar refractivity (Wildman–Crippen MR) is 126 cm³/mol. The van der Waals surface area contributed by atoms with Crippen LogP contribution in [-0.4, -0.2) is 50.7 Å². The molecule has 3 N–H and O–H groups in total. The number of pyridine rings is 1. The van der Waals surface area contributed by atoms with Gasteiger partial charge in [0.15, 0.2) is 5.65 Å². The zero-order valence-electron chi connectivity index (χ0n) is 19.8. The molecule has 2 atom stereocenters. The number of rotatable bonds is 6. The monoisotopic (exact) mass is 528 g/mol. The van der Waals surface area contributed by atoms with Crippen LogP contribution in [0.4, 0.5) is 17.6 Å². The minimum Gasteiger partial charge on any atom is -0.489 e. The maximum Gasteiger partial charge on any atom is 0.398 e. The van der Waals surface area contributed by atoms with E-state index in [2.05, 4.69) is 20.4 Å². The molecule has 4 heterocycles. The summed E-state index contributed by atoms with van der Waals surface area (Å²) in [5.74, 6) is -4.34. The van der Waals surface area contributed by atoms with E-state index in [1.54, 1.807) is 6.07 Å². The predicted octanol–water partition coefficient (Wildman–Crippen LogP) is 3.14. The van der Waals surface area contributed by atoms with Gasteiger partial charge in [0.2, 0.25) is 5.91 Å². The molecule has 0 fully saturated rings. The first-order valence-electron chi connectivity index (χ1n) is 11.4. The first kappa shape index (κ1) is 25.1. The third-order valence-corrected chi connectivity index (χ3v) is 6.46. The maximum absolute atomic E-state index is 14.3. The standard InChI is InChI=1S/C25H20F4N6O3/c1-24(23(30)37)12-38-21-15(24)10-18(34-20(21)13-2-4-14(26)5-3-13)16(25(27,28)29)11-31-22(36)17-7-9-35-19(33-17)6-8-32-35/h2-10,16H,11-12H2,1H3,(H2,30,37)(H,31,36)/t16?,24-/m0/s1. The van der Waals surface area contributed by atoms with Crippen molar-refractivity contribution in [1.29, 1.82) is 0 Å². The van der Waals surface area contributed by atoms with Gasteiger partial charge in [0, 0.05) is 29.9 Å². The molecule has 196 valence electrons. The molecule has 0 saturated carbocycles. The lowest BCUT2D eigenvalue weighted by molar-refractivity contribution is -0.149. The summed E-state index contributed by atoms with van der Waals surface area (Å²) in [5.41, 5.74) is 4.35. The van der Waals surface area contributed by atoms with Gasteiger partial charge in [0.05, 0.1) is 11.9 Å². The van der Waals surface area contributed by atoms with Crippen molar-refractivity contribution in [3.8, 4) is 17.0 Å². The van der Waals surface area contributed by atoms with Gasteiger partial charge in [-0.15, -0.1) is 0 Å². The number of hydrogen-bond donors (Lipinski definition) is 2. The Morgan fingerprint density at radius 2 is 1.92 bits per heavy atom. The number of alkyl halides is 3. The Hall–Kier alpha value is -4.55. The molecular formula is C25H20F4N6O3. The Labute approximate surface area is 212 Å². The van der Waals surface area contributed by atoms with Crippen molar-refractivity contribution in [2.24, 2.45) is 5.73 Å². The summed E-state index contributed by atoms with van der Waals surface area (Å²) in [6.07, 6.45) is -1.91. The van der Waals surface area contributed by atoms with Crippen molar-refractivity contribution in [2.75, 3.05) is 13.2 Å². The molecule has 0 saturated heterocycles. The van der Waals surface area contributed by atoms with E-state index in [4.69, 9.17) is 10.5 Å². The van der Waals surface area contributed by atoms with Crippen LogP contribution in [0.5, 0.6) is 5.75 Å². The normalized spacial score (nSPS) is 17.6. The average Bonchev–Trinajstić information content (AvgIpc) is 3.48. The number of carbonyl (C=O) groups is 2. The number of ether oxygens (including phenoxy) is 1. The van der Waals surface area contributed by atoms with E-state index in [1.807, 2.05) is 0 Å². The van der Waals surface area contributed by atoms with Gasteiger partial charge in [0.25, 0.3) is 5.91 Å². The number of amides is 2. The molecular weight excluding hydrogens is 508 g/mol. The quantitative estimate of drug-likeness (QED) is 0.371. The molecule has 4 aromatic rings. The molecule has 1 aliphatic rings. The minimum absolute atomic E-state index is 0.00379. The first-order chi connectivity index (χ1) is 18.0. The largest absolute Gasteiger partial charge is 0.489 e. The molecule has 38 heavy (non-hydrogen) atoms. The first-order valence-corrected chi connectivity index (χ1v) is 11.4. The summed E-state index contributed by atoms with van der Waals surface area (Å²) in [5, 5.41) is 6.23. The summed E-state index contributed by atoms with van der Waals surface area (Å²) in [6, 6.07) is 8.93. The molecule has 5 rings (SSSR count). The maximum atomic E-state index is 14.3. The molecule has 0 spiro atoms. The lowest BCUT2D eigenvalue weighted by Crippen LogP contribution is -2.40. The summed E-state index contributed by atoms with van der Waals surface area (Å²) >= 11 is 0. The smallest absolute Gasteiger partial charge is 0.398 e. The van der Waals surface area contributed by atoms with Gasteiger partial charge < -0.3 is 15.8 Å². The van der Waals surface area contributed by atoms with Crippen LogP contribution >= 0.6 is 0 Å². The fourth-order valence-electron chi connectivity index (χ4n) is 4.20. The Morgan fingerprint density at radius 3 is 2.61 bits per heavy atom.